The Hall–Kier alpha value is -0.870. The van der Waals surface area contributed by atoms with E-state index in [1.165, 1.54) is 5.56 Å². The molecule has 0 spiro atoms. The summed E-state index contributed by atoms with van der Waals surface area (Å²) in [6, 6.07) is 8.35. The van der Waals surface area contributed by atoms with E-state index in [0.29, 0.717) is 18.2 Å². The zero-order chi connectivity index (χ0) is 13.7. The van der Waals surface area contributed by atoms with Crippen LogP contribution in [-0.2, 0) is 4.79 Å². The first kappa shape index (κ1) is 14.5. The molecule has 19 heavy (non-hydrogen) atoms. The Kier molecular flexibility index (Phi) is 5.40. The van der Waals surface area contributed by atoms with Gasteiger partial charge in [-0.3, -0.25) is 4.79 Å². The van der Waals surface area contributed by atoms with Crippen molar-refractivity contribution in [2.75, 3.05) is 26.2 Å². The zero-order valence-electron chi connectivity index (χ0n) is 11.4. The summed E-state index contributed by atoms with van der Waals surface area (Å²) in [6.45, 7) is 5.74. The maximum atomic E-state index is 12.1. The lowest BCUT2D eigenvalue weighted by atomic mass is 9.96. The number of benzene rings is 1. The van der Waals surface area contributed by atoms with Crippen LogP contribution in [0.2, 0.25) is 0 Å². The number of nitrogens with zero attached hydrogens (tertiary/aromatic N) is 1. The minimum absolute atomic E-state index is 0.295. The molecular formula is C15H21BrN2O. The molecule has 3 nitrogen and oxygen atoms in total. The molecule has 1 unspecified atom stereocenters. The number of amides is 1. The summed E-state index contributed by atoms with van der Waals surface area (Å²) >= 11 is 3.49. The van der Waals surface area contributed by atoms with Crippen molar-refractivity contribution in [2.24, 2.45) is 0 Å². The van der Waals surface area contributed by atoms with Crippen molar-refractivity contribution in [3.05, 3.63) is 34.3 Å². The Morgan fingerprint density at radius 2 is 2.16 bits per heavy atom. The van der Waals surface area contributed by atoms with Crippen LogP contribution in [0.4, 0.5) is 0 Å². The van der Waals surface area contributed by atoms with Crippen LogP contribution in [0.1, 0.15) is 31.2 Å². The van der Waals surface area contributed by atoms with Crippen LogP contribution in [0.3, 0.4) is 0 Å². The average Bonchev–Trinajstić information content (AvgIpc) is 2.45. The van der Waals surface area contributed by atoms with E-state index in [1.807, 2.05) is 17.0 Å². The molecule has 2 rings (SSSR count). The van der Waals surface area contributed by atoms with Crippen LogP contribution in [0, 0.1) is 0 Å². The first-order chi connectivity index (χ1) is 9.16. The molecule has 1 N–H and O–H groups in total. The SMILES string of the molecule is CC(CCC(=O)N1CCNCC1)c1cccc(Br)c1. The normalized spacial score (nSPS) is 17.3. The Labute approximate surface area is 123 Å². The van der Waals surface area contributed by atoms with Gasteiger partial charge in [-0.05, 0) is 30.0 Å². The lowest BCUT2D eigenvalue weighted by molar-refractivity contribution is -0.131. The second-order valence-corrected chi connectivity index (χ2v) is 6.04. The fraction of sp³-hybridized carbons (Fsp3) is 0.533. The van der Waals surface area contributed by atoms with E-state index >= 15 is 0 Å². The largest absolute Gasteiger partial charge is 0.340 e. The standard InChI is InChI=1S/C15H21BrN2O/c1-12(13-3-2-4-14(16)11-13)5-6-15(19)18-9-7-17-8-10-18/h2-4,11-12,17H,5-10H2,1H3. The van der Waals surface area contributed by atoms with Crippen molar-refractivity contribution in [1.29, 1.82) is 0 Å². The van der Waals surface area contributed by atoms with E-state index in [0.717, 1.165) is 37.1 Å². The predicted molar refractivity (Wildman–Crippen MR) is 81.2 cm³/mol. The second kappa shape index (κ2) is 7.06. The number of piperazine rings is 1. The van der Waals surface area contributed by atoms with Gasteiger partial charge in [-0.15, -0.1) is 0 Å². The highest BCUT2D eigenvalue weighted by Crippen LogP contribution is 2.23. The van der Waals surface area contributed by atoms with Crippen molar-refractivity contribution in [3.8, 4) is 0 Å². The summed E-state index contributed by atoms with van der Waals surface area (Å²) in [7, 11) is 0. The average molecular weight is 325 g/mol. The molecule has 1 aromatic carbocycles. The topological polar surface area (TPSA) is 32.3 Å². The smallest absolute Gasteiger partial charge is 0.222 e. The third-order valence-corrected chi connectivity index (χ3v) is 4.17. The molecule has 0 aliphatic carbocycles. The van der Waals surface area contributed by atoms with E-state index in [2.05, 4.69) is 40.3 Å². The molecular weight excluding hydrogens is 304 g/mol. The maximum absolute atomic E-state index is 12.1. The highest BCUT2D eigenvalue weighted by atomic mass is 79.9. The molecule has 1 aliphatic rings. The maximum Gasteiger partial charge on any atom is 0.222 e. The number of carbonyl (C=O) groups excluding carboxylic acids is 1. The molecule has 0 bridgehead atoms. The Balaban J connectivity index is 1.82. The summed E-state index contributed by atoms with van der Waals surface area (Å²) in [5.74, 6) is 0.715. The van der Waals surface area contributed by atoms with Crippen LogP contribution in [0.15, 0.2) is 28.7 Å². The van der Waals surface area contributed by atoms with Crippen molar-refractivity contribution >= 4 is 21.8 Å². The zero-order valence-corrected chi connectivity index (χ0v) is 12.9. The number of rotatable bonds is 4. The van der Waals surface area contributed by atoms with Crippen LogP contribution in [0.5, 0.6) is 0 Å². The molecule has 1 fully saturated rings. The van der Waals surface area contributed by atoms with Gasteiger partial charge < -0.3 is 10.2 Å². The van der Waals surface area contributed by atoms with Crippen molar-refractivity contribution < 1.29 is 4.79 Å². The highest BCUT2D eigenvalue weighted by molar-refractivity contribution is 9.10. The monoisotopic (exact) mass is 324 g/mol. The van der Waals surface area contributed by atoms with E-state index in [4.69, 9.17) is 0 Å². The summed E-state index contributed by atoms with van der Waals surface area (Å²) in [4.78, 5) is 14.1. The van der Waals surface area contributed by atoms with Gasteiger partial charge in [0.15, 0.2) is 0 Å². The van der Waals surface area contributed by atoms with Crippen molar-refractivity contribution in [2.45, 2.75) is 25.7 Å². The molecule has 0 aromatic heterocycles. The molecule has 1 atom stereocenters. The van der Waals surface area contributed by atoms with Crippen LogP contribution in [0.25, 0.3) is 0 Å². The van der Waals surface area contributed by atoms with Gasteiger partial charge >= 0.3 is 0 Å². The Bertz CT molecular complexity index is 430. The summed E-state index contributed by atoms with van der Waals surface area (Å²) in [5, 5.41) is 3.27. The molecule has 1 amide bonds. The molecule has 1 aromatic rings. The lowest BCUT2D eigenvalue weighted by Crippen LogP contribution is -2.46. The third kappa shape index (κ3) is 4.32. The summed E-state index contributed by atoms with van der Waals surface area (Å²) in [5.41, 5.74) is 1.29. The van der Waals surface area contributed by atoms with Gasteiger partial charge in [0.25, 0.3) is 0 Å². The lowest BCUT2D eigenvalue weighted by Gasteiger charge is -2.27. The molecule has 0 saturated carbocycles. The van der Waals surface area contributed by atoms with Gasteiger partial charge in [0.2, 0.25) is 5.91 Å². The molecule has 0 radical (unpaired) electrons. The Morgan fingerprint density at radius 3 is 2.84 bits per heavy atom. The van der Waals surface area contributed by atoms with Gasteiger partial charge in [0.05, 0.1) is 0 Å². The number of halogens is 1. The molecule has 1 aliphatic heterocycles. The van der Waals surface area contributed by atoms with E-state index in [9.17, 15) is 4.79 Å². The van der Waals surface area contributed by atoms with Crippen molar-refractivity contribution in [3.63, 3.8) is 0 Å². The third-order valence-electron chi connectivity index (χ3n) is 3.68. The highest BCUT2D eigenvalue weighted by Gasteiger charge is 2.17. The molecule has 4 heteroatoms. The van der Waals surface area contributed by atoms with Crippen LogP contribution >= 0.6 is 15.9 Å². The van der Waals surface area contributed by atoms with E-state index < -0.39 is 0 Å². The predicted octanol–water partition coefficient (Wildman–Crippen LogP) is 2.76. The van der Waals surface area contributed by atoms with Crippen molar-refractivity contribution in [1.82, 2.24) is 10.2 Å². The quantitative estimate of drug-likeness (QED) is 0.923. The van der Waals surface area contributed by atoms with E-state index in [1.54, 1.807) is 0 Å². The molecule has 104 valence electrons. The van der Waals surface area contributed by atoms with Crippen LogP contribution in [-0.4, -0.2) is 37.0 Å². The molecule has 1 saturated heterocycles. The number of carbonyl (C=O) groups is 1. The van der Waals surface area contributed by atoms with Gasteiger partial charge in [-0.25, -0.2) is 0 Å². The number of nitrogens with one attached hydrogen (secondary N) is 1. The minimum Gasteiger partial charge on any atom is -0.340 e. The van der Waals surface area contributed by atoms with Gasteiger partial charge in [0, 0.05) is 37.1 Å². The van der Waals surface area contributed by atoms with Gasteiger partial charge in [0.1, 0.15) is 0 Å². The fourth-order valence-corrected chi connectivity index (χ4v) is 2.81. The van der Waals surface area contributed by atoms with Gasteiger partial charge in [-0.1, -0.05) is 35.0 Å². The minimum atomic E-state index is 0.295. The number of hydrogen-bond acceptors (Lipinski definition) is 2. The van der Waals surface area contributed by atoms with Crippen LogP contribution < -0.4 is 5.32 Å². The first-order valence-electron chi connectivity index (χ1n) is 6.91. The van der Waals surface area contributed by atoms with Gasteiger partial charge in [-0.2, -0.15) is 0 Å². The Morgan fingerprint density at radius 1 is 1.42 bits per heavy atom. The second-order valence-electron chi connectivity index (χ2n) is 5.13. The fourth-order valence-electron chi connectivity index (χ4n) is 2.39. The number of hydrogen-bond donors (Lipinski definition) is 1. The summed E-state index contributed by atoms with van der Waals surface area (Å²) < 4.78 is 1.10. The summed E-state index contributed by atoms with van der Waals surface area (Å²) in [6.07, 6.45) is 1.56. The first-order valence-corrected chi connectivity index (χ1v) is 7.70. The van der Waals surface area contributed by atoms with E-state index in [-0.39, 0.29) is 0 Å². The molecule has 1 heterocycles.